The van der Waals surface area contributed by atoms with E-state index in [1.54, 1.807) is 6.92 Å². The van der Waals surface area contributed by atoms with Crippen molar-refractivity contribution >= 4 is 12.1 Å². The number of hydrogen-bond acceptors (Lipinski definition) is 6. The smallest absolute Gasteiger partial charge is 0.422 e. The number of amides is 1. The van der Waals surface area contributed by atoms with Crippen LogP contribution in [0.1, 0.15) is 18.5 Å². The fourth-order valence-corrected chi connectivity index (χ4v) is 1.83. The van der Waals surface area contributed by atoms with Gasteiger partial charge in [0.05, 0.1) is 12.3 Å². The van der Waals surface area contributed by atoms with Gasteiger partial charge < -0.3 is 15.4 Å². The maximum atomic E-state index is 12.2. The van der Waals surface area contributed by atoms with Crippen molar-refractivity contribution in [2.75, 3.05) is 6.61 Å². The number of hydrogen-bond donors (Lipinski definition) is 3. The molecule has 1 aromatic rings. The van der Waals surface area contributed by atoms with E-state index in [0.29, 0.717) is 5.56 Å². The van der Waals surface area contributed by atoms with Crippen molar-refractivity contribution in [3.05, 3.63) is 36.3 Å². The third kappa shape index (κ3) is 4.69. The highest BCUT2D eigenvalue weighted by molar-refractivity contribution is 6.03. The molecule has 24 heavy (non-hydrogen) atoms. The molecule has 1 aliphatic heterocycles. The van der Waals surface area contributed by atoms with Crippen molar-refractivity contribution in [2.24, 2.45) is 10.7 Å². The van der Waals surface area contributed by atoms with E-state index in [1.807, 2.05) is 0 Å². The predicted octanol–water partition coefficient (Wildman–Crippen LogP) is 1.00. The van der Waals surface area contributed by atoms with E-state index >= 15 is 0 Å². The number of alkyl halides is 3. The third-order valence-electron chi connectivity index (χ3n) is 3.13. The normalized spacial score (nSPS) is 21.0. The summed E-state index contributed by atoms with van der Waals surface area (Å²) in [5, 5.41) is 5.36. The Balaban J connectivity index is 1.95. The second kappa shape index (κ2) is 6.87. The molecule has 0 aromatic carbocycles. The largest absolute Gasteiger partial charge is 0.468 e. The summed E-state index contributed by atoms with van der Waals surface area (Å²) >= 11 is 0. The van der Waals surface area contributed by atoms with Crippen LogP contribution >= 0.6 is 0 Å². The van der Waals surface area contributed by atoms with E-state index < -0.39 is 30.4 Å². The van der Waals surface area contributed by atoms with E-state index in [1.165, 1.54) is 36.9 Å². The van der Waals surface area contributed by atoms with Crippen molar-refractivity contribution in [2.45, 2.75) is 24.8 Å². The molecule has 0 radical (unpaired) electrons. The second-order valence-corrected chi connectivity index (χ2v) is 5.14. The number of aliphatic imine (C=N–C) groups is 1. The Bertz CT molecular complexity index is 645. The summed E-state index contributed by atoms with van der Waals surface area (Å²) < 4.78 is 40.7. The number of nitrogens with two attached hydrogens (primary N) is 1. The Kier molecular flexibility index (Phi) is 5.07. The Morgan fingerprint density at radius 3 is 2.79 bits per heavy atom. The zero-order valence-electron chi connectivity index (χ0n) is 12.7. The highest BCUT2D eigenvalue weighted by Gasteiger charge is 2.33. The summed E-state index contributed by atoms with van der Waals surface area (Å²) in [6.07, 6.45) is 1.05. The number of carbonyl (C=O) groups excluding carboxylic acids is 1. The zero-order chi connectivity index (χ0) is 17.8. The standard InChI is InChI=1S/C14H16F3N5O2/c1-9(22-12(23)13(18)7-19-4-5-21-13)10-2-3-11(20-6-10)24-8-14(15,16)17/h2-7,9,21H,8,18H2,1H3,(H,22,23). The first-order valence-electron chi connectivity index (χ1n) is 6.92. The lowest BCUT2D eigenvalue weighted by molar-refractivity contribution is -0.154. The maximum absolute atomic E-state index is 12.2. The zero-order valence-corrected chi connectivity index (χ0v) is 12.7. The van der Waals surface area contributed by atoms with Gasteiger partial charge in [-0.1, -0.05) is 6.07 Å². The van der Waals surface area contributed by atoms with Crippen LogP contribution in [-0.4, -0.2) is 35.6 Å². The van der Waals surface area contributed by atoms with Gasteiger partial charge in [0.1, 0.15) is 0 Å². The molecule has 10 heteroatoms. The van der Waals surface area contributed by atoms with Crippen LogP contribution in [0.25, 0.3) is 0 Å². The number of aromatic nitrogens is 1. The van der Waals surface area contributed by atoms with Gasteiger partial charge in [-0.05, 0) is 12.5 Å². The molecule has 0 saturated heterocycles. The highest BCUT2D eigenvalue weighted by atomic mass is 19.4. The molecule has 0 bridgehead atoms. The molecule has 2 atom stereocenters. The van der Waals surface area contributed by atoms with Crippen LogP contribution in [0.3, 0.4) is 0 Å². The predicted molar refractivity (Wildman–Crippen MR) is 80.0 cm³/mol. The monoisotopic (exact) mass is 343 g/mol. The van der Waals surface area contributed by atoms with Gasteiger partial charge in [0.25, 0.3) is 5.91 Å². The van der Waals surface area contributed by atoms with Gasteiger partial charge >= 0.3 is 6.18 Å². The van der Waals surface area contributed by atoms with Gasteiger partial charge in [-0.2, -0.15) is 13.2 Å². The Hall–Kier alpha value is -2.62. The molecule has 2 unspecified atom stereocenters. The van der Waals surface area contributed by atoms with E-state index in [-0.39, 0.29) is 5.88 Å². The SMILES string of the molecule is CC(NC(=O)C1(N)C=NC=CN1)c1ccc(OCC(F)(F)F)nc1. The topological polar surface area (TPSA) is 102 Å². The lowest BCUT2D eigenvalue weighted by Gasteiger charge is -2.27. The van der Waals surface area contributed by atoms with Gasteiger partial charge in [0, 0.05) is 24.7 Å². The highest BCUT2D eigenvalue weighted by Crippen LogP contribution is 2.19. The average Bonchev–Trinajstić information content (AvgIpc) is 2.53. The van der Waals surface area contributed by atoms with Crippen LogP contribution in [0.15, 0.2) is 35.7 Å². The number of rotatable bonds is 5. The van der Waals surface area contributed by atoms with Gasteiger partial charge in [-0.25, -0.2) is 4.98 Å². The molecule has 0 fully saturated rings. The Morgan fingerprint density at radius 1 is 1.50 bits per heavy atom. The van der Waals surface area contributed by atoms with Crippen LogP contribution in [0.5, 0.6) is 5.88 Å². The summed E-state index contributed by atoms with van der Waals surface area (Å²) in [6, 6.07) is 2.34. The summed E-state index contributed by atoms with van der Waals surface area (Å²) in [7, 11) is 0. The van der Waals surface area contributed by atoms with Crippen molar-refractivity contribution in [1.29, 1.82) is 0 Å². The number of carbonyl (C=O) groups is 1. The second-order valence-electron chi connectivity index (χ2n) is 5.14. The lowest BCUT2D eigenvalue weighted by Crippen LogP contribution is -2.64. The molecule has 1 aromatic heterocycles. The molecule has 1 aliphatic rings. The van der Waals surface area contributed by atoms with Crippen molar-refractivity contribution < 1.29 is 22.7 Å². The van der Waals surface area contributed by atoms with Crippen molar-refractivity contribution in [1.82, 2.24) is 15.6 Å². The minimum absolute atomic E-state index is 0.156. The molecule has 130 valence electrons. The number of halogens is 3. The third-order valence-corrected chi connectivity index (χ3v) is 3.13. The van der Waals surface area contributed by atoms with Crippen LogP contribution < -0.4 is 21.1 Å². The Labute approximate surface area is 135 Å². The number of nitrogens with zero attached hydrogens (tertiary/aromatic N) is 2. The first-order valence-corrected chi connectivity index (χ1v) is 6.92. The quantitative estimate of drug-likeness (QED) is 0.740. The van der Waals surface area contributed by atoms with Crippen molar-refractivity contribution in [3.63, 3.8) is 0 Å². The average molecular weight is 343 g/mol. The van der Waals surface area contributed by atoms with E-state index in [9.17, 15) is 18.0 Å². The molecule has 1 amide bonds. The lowest BCUT2D eigenvalue weighted by atomic mass is 10.1. The summed E-state index contributed by atoms with van der Waals surface area (Å²) in [4.78, 5) is 19.8. The van der Waals surface area contributed by atoms with Gasteiger partial charge in [-0.15, -0.1) is 0 Å². The minimum Gasteiger partial charge on any atom is -0.468 e. The molecular formula is C14H16F3N5O2. The number of pyridine rings is 1. The molecular weight excluding hydrogens is 327 g/mol. The molecule has 2 heterocycles. The summed E-state index contributed by atoms with van der Waals surface area (Å²) in [6.45, 7) is 0.268. The molecule has 0 spiro atoms. The number of ether oxygens (including phenoxy) is 1. The maximum Gasteiger partial charge on any atom is 0.422 e. The number of nitrogens with one attached hydrogen (secondary N) is 2. The molecule has 0 aliphatic carbocycles. The molecule has 0 saturated carbocycles. The van der Waals surface area contributed by atoms with Crippen LogP contribution in [0.4, 0.5) is 13.2 Å². The summed E-state index contributed by atoms with van der Waals surface area (Å²) in [5.41, 5.74) is 4.98. The van der Waals surface area contributed by atoms with Crippen LogP contribution in [0.2, 0.25) is 0 Å². The molecule has 4 N–H and O–H groups in total. The molecule has 2 rings (SSSR count). The van der Waals surface area contributed by atoms with Crippen molar-refractivity contribution in [3.8, 4) is 5.88 Å². The summed E-state index contributed by atoms with van der Waals surface area (Å²) in [5.74, 6) is -0.670. The van der Waals surface area contributed by atoms with Crippen LogP contribution in [0, 0.1) is 0 Å². The van der Waals surface area contributed by atoms with Gasteiger partial charge in [-0.3, -0.25) is 15.5 Å². The van der Waals surface area contributed by atoms with E-state index in [4.69, 9.17) is 5.73 Å². The van der Waals surface area contributed by atoms with Gasteiger partial charge in [0.2, 0.25) is 11.5 Å². The first-order chi connectivity index (χ1) is 11.2. The fourth-order valence-electron chi connectivity index (χ4n) is 1.83. The van der Waals surface area contributed by atoms with Crippen LogP contribution in [-0.2, 0) is 4.79 Å². The van der Waals surface area contributed by atoms with E-state index in [2.05, 4.69) is 25.3 Å². The van der Waals surface area contributed by atoms with E-state index in [0.717, 1.165) is 0 Å². The molecule has 7 nitrogen and oxygen atoms in total. The minimum atomic E-state index is -4.43. The first kappa shape index (κ1) is 17.7. The van der Waals surface area contributed by atoms with Gasteiger partial charge in [0.15, 0.2) is 6.61 Å². The Morgan fingerprint density at radius 2 is 2.25 bits per heavy atom. The fraction of sp³-hybridized carbons (Fsp3) is 0.357.